The normalized spacial score (nSPS) is 26.8. The topological polar surface area (TPSA) is 41.5 Å². The lowest BCUT2D eigenvalue weighted by molar-refractivity contribution is 0.101. The third-order valence-electron chi connectivity index (χ3n) is 4.89. The molecule has 3 nitrogen and oxygen atoms in total. The summed E-state index contributed by atoms with van der Waals surface area (Å²) in [6.45, 7) is 7.57. The average Bonchev–Trinajstić information content (AvgIpc) is 2.84. The lowest BCUT2D eigenvalue weighted by Crippen LogP contribution is -2.40. The van der Waals surface area contributed by atoms with Crippen molar-refractivity contribution in [3.05, 3.63) is 29.8 Å². The molecule has 0 heterocycles. The molecule has 118 valence electrons. The summed E-state index contributed by atoms with van der Waals surface area (Å²) < 4.78 is 5.69. The molecule has 0 saturated heterocycles. The van der Waals surface area contributed by atoms with Gasteiger partial charge in [-0.2, -0.15) is 0 Å². The van der Waals surface area contributed by atoms with E-state index in [1.807, 2.05) is 31.2 Å². The van der Waals surface area contributed by atoms with Gasteiger partial charge in [-0.15, -0.1) is 0 Å². The van der Waals surface area contributed by atoms with E-state index in [1.165, 1.54) is 19.3 Å². The van der Waals surface area contributed by atoms with Crippen molar-refractivity contribution < 1.29 is 9.84 Å². The van der Waals surface area contributed by atoms with Crippen LogP contribution in [-0.4, -0.2) is 30.4 Å². The SMILES string of the molecule is CCC1CCC(NCC(O)COc2ccccc2C)C1C. The number of hydrogen-bond acceptors (Lipinski definition) is 3. The fourth-order valence-corrected chi connectivity index (χ4v) is 3.36. The highest BCUT2D eigenvalue weighted by molar-refractivity contribution is 5.31. The van der Waals surface area contributed by atoms with E-state index in [0.717, 1.165) is 17.2 Å². The molecule has 2 rings (SSSR count). The van der Waals surface area contributed by atoms with Crippen molar-refractivity contribution in [2.75, 3.05) is 13.2 Å². The highest BCUT2D eigenvalue weighted by Crippen LogP contribution is 2.33. The Morgan fingerprint density at radius 1 is 1.33 bits per heavy atom. The number of benzene rings is 1. The van der Waals surface area contributed by atoms with Gasteiger partial charge in [0.15, 0.2) is 0 Å². The monoisotopic (exact) mass is 291 g/mol. The number of aliphatic hydroxyl groups excluding tert-OH is 1. The van der Waals surface area contributed by atoms with Gasteiger partial charge >= 0.3 is 0 Å². The van der Waals surface area contributed by atoms with Crippen molar-refractivity contribution >= 4 is 0 Å². The second-order valence-electron chi connectivity index (χ2n) is 6.35. The lowest BCUT2D eigenvalue weighted by atomic mass is 9.93. The Bertz CT molecular complexity index is 435. The van der Waals surface area contributed by atoms with E-state index in [2.05, 4.69) is 19.2 Å². The van der Waals surface area contributed by atoms with Crippen LogP contribution in [-0.2, 0) is 0 Å². The summed E-state index contributed by atoms with van der Waals surface area (Å²) in [6.07, 6.45) is 3.34. The first-order valence-corrected chi connectivity index (χ1v) is 8.21. The van der Waals surface area contributed by atoms with Gasteiger partial charge in [-0.25, -0.2) is 0 Å². The van der Waals surface area contributed by atoms with Gasteiger partial charge in [-0.1, -0.05) is 38.5 Å². The van der Waals surface area contributed by atoms with E-state index in [-0.39, 0.29) is 0 Å². The average molecular weight is 291 g/mol. The molecule has 2 N–H and O–H groups in total. The van der Waals surface area contributed by atoms with E-state index in [9.17, 15) is 5.11 Å². The van der Waals surface area contributed by atoms with Gasteiger partial charge in [0.2, 0.25) is 0 Å². The van der Waals surface area contributed by atoms with Crippen LogP contribution in [0.5, 0.6) is 5.75 Å². The summed E-state index contributed by atoms with van der Waals surface area (Å²) >= 11 is 0. The first-order chi connectivity index (χ1) is 10.1. The summed E-state index contributed by atoms with van der Waals surface area (Å²) in [6, 6.07) is 8.46. The van der Waals surface area contributed by atoms with Crippen molar-refractivity contribution in [1.82, 2.24) is 5.32 Å². The second kappa shape index (κ2) is 7.81. The predicted octanol–water partition coefficient (Wildman–Crippen LogP) is 3.15. The van der Waals surface area contributed by atoms with Gasteiger partial charge in [-0.05, 0) is 43.2 Å². The van der Waals surface area contributed by atoms with Crippen molar-refractivity contribution in [3.8, 4) is 5.75 Å². The van der Waals surface area contributed by atoms with Crippen molar-refractivity contribution in [2.45, 2.75) is 52.2 Å². The van der Waals surface area contributed by atoms with Gasteiger partial charge < -0.3 is 15.2 Å². The minimum absolute atomic E-state index is 0.343. The maximum absolute atomic E-state index is 10.1. The molecule has 3 heteroatoms. The molecule has 1 fully saturated rings. The number of hydrogen-bond donors (Lipinski definition) is 2. The highest BCUT2D eigenvalue weighted by atomic mass is 16.5. The van der Waals surface area contributed by atoms with Gasteiger partial charge in [0.1, 0.15) is 18.5 Å². The fourth-order valence-electron chi connectivity index (χ4n) is 3.36. The molecule has 1 aliphatic carbocycles. The van der Waals surface area contributed by atoms with Crippen LogP contribution in [0.1, 0.15) is 38.7 Å². The molecule has 1 saturated carbocycles. The maximum atomic E-state index is 10.1. The fraction of sp³-hybridized carbons (Fsp3) is 0.667. The van der Waals surface area contributed by atoms with Crippen molar-refractivity contribution in [3.63, 3.8) is 0 Å². The Balaban J connectivity index is 1.71. The maximum Gasteiger partial charge on any atom is 0.122 e. The van der Waals surface area contributed by atoms with Crippen LogP contribution in [0, 0.1) is 18.8 Å². The third kappa shape index (κ3) is 4.45. The molecule has 21 heavy (non-hydrogen) atoms. The number of aliphatic hydroxyl groups is 1. The zero-order valence-electron chi connectivity index (χ0n) is 13.5. The van der Waals surface area contributed by atoms with E-state index < -0.39 is 6.10 Å². The number of rotatable bonds is 7. The van der Waals surface area contributed by atoms with Crippen LogP contribution in [0.25, 0.3) is 0 Å². The molecule has 0 aliphatic heterocycles. The van der Waals surface area contributed by atoms with Crippen LogP contribution in [0.15, 0.2) is 24.3 Å². The standard InChI is InChI=1S/C18H29NO2/c1-4-15-9-10-17(14(15)3)19-11-16(20)12-21-18-8-6-5-7-13(18)2/h5-8,14-17,19-20H,4,9-12H2,1-3H3. The Hall–Kier alpha value is -1.06. The number of aryl methyl sites for hydroxylation is 1. The van der Waals surface area contributed by atoms with Gasteiger partial charge in [0.25, 0.3) is 0 Å². The Morgan fingerprint density at radius 2 is 2.10 bits per heavy atom. The molecule has 1 aliphatic rings. The Kier molecular flexibility index (Phi) is 6.07. The van der Waals surface area contributed by atoms with Crippen LogP contribution in [0.3, 0.4) is 0 Å². The molecular weight excluding hydrogens is 262 g/mol. The molecule has 0 spiro atoms. The quantitative estimate of drug-likeness (QED) is 0.811. The van der Waals surface area contributed by atoms with Crippen LogP contribution in [0.4, 0.5) is 0 Å². The zero-order chi connectivity index (χ0) is 15.2. The molecule has 1 aromatic rings. The number of para-hydroxylation sites is 1. The Morgan fingerprint density at radius 3 is 2.76 bits per heavy atom. The van der Waals surface area contributed by atoms with E-state index in [0.29, 0.717) is 25.1 Å². The number of ether oxygens (including phenoxy) is 1. The summed E-state index contributed by atoms with van der Waals surface area (Å²) in [4.78, 5) is 0. The number of nitrogens with one attached hydrogen (secondary N) is 1. The lowest BCUT2D eigenvalue weighted by Gasteiger charge is -2.22. The largest absolute Gasteiger partial charge is 0.491 e. The molecule has 4 unspecified atom stereocenters. The first-order valence-electron chi connectivity index (χ1n) is 8.21. The van der Waals surface area contributed by atoms with Gasteiger partial charge in [-0.3, -0.25) is 0 Å². The van der Waals surface area contributed by atoms with E-state index in [1.54, 1.807) is 0 Å². The molecule has 0 aromatic heterocycles. The zero-order valence-corrected chi connectivity index (χ0v) is 13.5. The van der Waals surface area contributed by atoms with Crippen molar-refractivity contribution in [1.29, 1.82) is 0 Å². The molecular formula is C18H29NO2. The third-order valence-corrected chi connectivity index (χ3v) is 4.89. The highest BCUT2D eigenvalue weighted by Gasteiger charge is 2.31. The van der Waals surface area contributed by atoms with Crippen molar-refractivity contribution in [2.24, 2.45) is 11.8 Å². The minimum atomic E-state index is -0.461. The molecule has 0 bridgehead atoms. The second-order valence-corrected chi connectivity index (χ2v) is 6.35. The predicted molar refractivity (Wildman–Crippen MR) is 86.7 cm³/mol. The molecule has 1 aromatic carbocycles. The molecule has 4 atom stereocenters. The molecule has 0 amide bonds. The summed E-state index contributed by atoms with van der Waals surface area (Å²) in [5.74, 6) is 2.40. The van der Waals surface area contributed by atoms with Crippen LogP contribution in [0.2, 0.25) is 0 Å². The van der Waals surface area contributed by atoms with Gasteiger partial charge in [0, 0.05) is 12.6 Å². The van der Waals surface area contributed by atoms with Crippen LogP contribution >= 0.6 is 0 Å². The van der Waals surface area contributed by atoms with Crippen LogP contribution < -0.4 is 10.1 Å². The smallest absolute Gasteiger partial charge is 0.122 e. The summed E-state index contributed by atoms with van der Waals surface area (Å²) in [7, 11) is 0. The van der Waals surface area contributed by atoms with E-state index in [4.69, 9.17) is 4.74 Å². The summed E-state index contributed by atoms with van der Waals surface area (Å²) in [5.41, 5.74) is 1.10. The van der Waals surface area contributed by atoms with Gasteiger partial charge in [0.05, 0.1) is 0 Å². The minimum Gasteiger partial charge on any atom is -0.491 e. The van der Waals surface area contributed by atoms with E-state index >= 15 is 0 Å². The first kappa shape index (κ1) is 16.3. The molecule has 0 radical (unpaired) electrons. The Labute approximate surface area is 128 Å². The summed E-state index contributed by atoms with van der Waals surface area (Å²) in [5, 5.41) is 13.6.